The third-order valence-corrected chi connectivity index (χ3v) is 13.4. The van der Waals surface area contributed by atoms with Crippen LogP contribution in [0.4, 0.5) is 0 Å². The minimum atomic E-state index is -0.787. The van der Waals surface area contributed by atoms with Gasteiger partial charge in [0.05, 0.1) is 0 Å². The van der Waals surface area contributed by atoms with Gasteiger partial charge in [0, 0.05) is 19.3 Å². The van der Waals surface area contributed by atoms with E-state index in [1.165, 1.54) is 161 Å². The molecule has 0 aromatic rings. The average Bonchev–Trinajstić information content (AvgIpc) is 3.39. The highest BCUT2D eigenvalue weighted by Gasteiger charge is 2.19. The van der Waals surface area contributed by atoms with E-state index in [4.69, 9.17) is 14.2 Å². The van der Waals surface area contributed by atoms with Gasteiger partial charge < -0.3 is 14.2 Å². The van der Waals surface area contributed by atoms with Crippen molar-refractivity contribution in [2.45, 2.75) is 309 Å². The van der Waals surface area contributed by atoms with Crippen LogP contribution in [0.3, 0.4) is 0 Å². The summed E-state index contributed by atoms with van der Waals surface area (Å²) < 4.78 is 16.9. The summed E-state index contributed by atoms with van der Waals surface area (Å²) in [5.74, 6) is -0.896. The largest absolute Gasteiger partial charge is 0.462 e. The van der Waals surface area contributed by atoms with Crippen LogP contribution < -0.4 is 0 Å². The molecule has 6 heteroatoms. The van der Waals surface area contributed by atoms with Gasteiger partial charge in [-0.2, -0.15) is 0 Å². The smallest absolute Gasteiger partial charge is 0.306 e. The molecule has 0 rings (SSSR count). The van der Waals surface area contributed by atoms with E-state index in [-0.39, 0.29) is 31.1 Å². The molecular formula is C67H116O6. The second-order valence-corrected chi connectivity index (χ2v) is 20.6. The van der Waals surface area contributed by atoms with E-state index in [0.29, 0.717) is 19.3 Å². The number of ether oxygens (including phenoxy) is 3. The molecule has 0 fully saturated rings. The van der Waals surface area contributed by atoms with Gasteiger partial charge in [0.25, 0.3) is 0 Å². The Kier molecular flexibility index (Phi) is 58.3. The predicted octanol–water partition coefficient (Wildman–Crippen LogP) is 21.1. The Balaban J connectivity index is 4.37. The molecule has 0 saturated carbocycles. The molecule has 0 heterocycles. The van der Waals surface area contributed by atoms with Crippen molar-refractivity contribution in [3.8, 4) is 0 Å². The quantitative estimate of drug-likeness (QED) is 0.0261. The molecule has 1 atom stereocenters. The van der Waals surface area contributed by atoms with Crippen LogP contribution in [-0.2, 0) is 28.6 Å². The molecule has 420 valence electrons. The highest BCUT2D eigenvalue weighted by molar-refractivity contribution is 5.71. The van der Waals surface area contributed by atoms with Crippen molar-refractivity contribution in [3.05, 3.63) is 85.1 Å². The molecule has 6 nitrogen and oxygen atoms in total. The summed E-state index contributed by atoms with van der Waals surface area (Å²) in [6.45, 7) is 6.50. The molecule has 0 aromatic heterocycles. The Morgan fingerprint density at radius 3 is 0.877 bits per heavy atom. The second kappa shape index (κ2) is 61.1. The summed E-state index contributed by atoms with van der Waals surface area (Å²) in [4.78, 5) is 38.3. The van der Waals surface area contributed by atoms with Crippen LogP contribution in [0.1, 0.15) is 303 Å². The highest BCUT2D eigenvalue weighted by atomic mass is 16.6. The van der Waals surface area contributed by atoms with Gasteiger partial charge in [-0.05, 0) is 116 Å². The summed E-state index contributed by atoms with van der Waals surface area (Å²) in [6.07, 6.45) is 80.0. The van der Waals surface area contributed by atoms with Gasteiger partial charge in [-0.25, -0.2) is 0 Å². The molecule has 0 bridgehead atoms. The predicted molar refractivity (Wildman–Crippen MR) is 316 cm³/mol. The molecule has 0 saturated heterocycles. The first-order valence-corrected chi connectivity index (χ1v) is 31.1. The normalized spacial score (nSPS) is 12.6. The number of esters is 3. The Morgan fingerprint density at radius 1 is 0.288 bits per heavy atom. The van der Waals surface area contributed by atoms with Crippen molar-refractivity contribution in [2.75, 3.05) is 13.2 Å². The fourth-order valence-electron chi connectivity index (χ4n) is 8.69. The number of carbonyl (C=O) groups excluding carboxylic acids is 3. The van der Waals surface area contributed by atoms with Gasteiger partial charge in [-0.15, -0.1) is 0 Å². The van der Waals surface area contributed by atoms with E-state index < -0.39 is 6.10 Å². The number of hydrogen-bond acceptors (Lipinski definition) is 6. The summed E-state index contributed by atoms with van der Waals surface area (Å²) in [5, 5.41) is 0. The molecule has 73 heavy (non-hydrogen) atoms. The molecular weight excluding hydrogens is 901 g/mol. The fraction of sp³-hybridized carbons (Fsp3) is 0.746. The zero-order chi connectivity index (χ0) is 52.9. The summed E-state index contributed by atoms with van der Waals surface area (Å²) in [5.41, 5.74) is 0. The van der Waals surface area contributed by atoms with Crippen LogP contribution in [-0.4, -0.2) is 37.2 Å². The number of carbonyl (C=O) groups is 3. The Hall–Kier alpha value is -3.41. The number of rotatable bonds is 56. The Bertz CT molecular complexity index is 1400. The van der Waals surface area contributed by atoms with E-state index in [1.807, 2.05) is 0 Å². The molecule has 1 unspecified atom stereocenters. The van der Waals surface area contributed by atoms with Crippen LogP contribution >= 0.6 is 0 Å². The molecule has 0 aromatic carbocycles. The van der Waals surface area contributed by atoms with Crippen LogP contribution in [0, 0.1) is 0 Å². The molecule has 0 aliphatic heterocycles. The topological polar surface area (TPSA) is 78.9 Å². The van der Waals surface area contributed by atoms with E-state index in [9.17, 15) is 14.4 Å². The molecule has 0 aliphatic rings. The number of unbranched alkanes of at least 4 members (excludes halogenated alkanes) is 31. The number of hydrogen-bond donors (Lipinski definition) is 0. The third kappa shape index (κ3) is 59.3. The summed E-state index contributed by atoms with van der Waals surface area (Å²) in [7, 11) is 0. The molecule has 0 radical (unpaired) electrons. The fourth-order valence-corrected chi connectivity index (χ4v) is 8.69. The van der Waals surface area contributed by atoms with Crippen LogP contribution in [0.25, 0.3) is 0 Å². The van der Waals surface area contributed by atoms with Gasteiger partial charge in [-0.1, -0.05) is 254 Å². The van der Waals surface area contributed by atoms with E-state index in [1.54, 1.807) is 0 Å². The monoisotopic (exact) mass is 1020 g/mol. The van der Waals surface area contributed by atoms with E-state index in [2.05, 4.69) is 106 Å². The molecule has 0 amide bonds. The van der Waals surface area contributed by atoms with Crippen molar-refractivity contribution in [1.29, 1.82) is 0 Å². The van der Waals surface area contributed by atoms with Gasteiger partial charge >= 0.3 is 17.9 Å². The maximum atomic E-state index is 12.9. The standard InChI is InChI=1S/C67H116O6/c1-4-7-10-13-16-19-22-25-28-30-31-32-33-34-35-37-39-42-45-48-51-54-57-60-66(69)72-63-64(62-71-65(68)59-56-53-50-47-44-41-38-27-24-21-18-15-12-9-6-3)73-67(70)61-58-55-52-49-46-43-40-36-29-26-23-20-17-14-11-8-5-2/h7,10,16,18-19,21,25-29,31-32,38,64H,4-6,8-9,11-15,17,20,22-24,30,33-37,39-63H2,1-3H3/b10-7-,19-16-,21-18-,28-25-,29-26-,32-31-,38-27-. The summed E-state index contributed by atoms with van der Waals surface area (Å²) in [6, 6.07) is 0. The lowest BCUT2D eigenvalue weighted by molar-refractivity contribution is -0.167. The number of allylic oxidation sites excluding steroid dienone is 14. The van der Waals surface area contributed by atoms with Crippen LogP contribution in [0.2, 0.25) is 0 Å². The lowest BCUT2D eigenvalue weighted by Gasteiger charge is -2.18. The zero-order valence-corrected chi connectivity index (χ0v) is 48.1. The van der Waals surface area contributed by atoms with Crippen molar-refractivity contribution < 1.29 is 28.6 Å². The van der Waals surface area contributed by atoms with Gasteiger partial charge in [-0.3, -0.25) is 14.4 Å². The molecule has 0 aliphatic carbocycles. The maximum Gasteiger partial charge on any atom is 0.306 e. The average molecular weight is 1020 g/mol. The van der Waals surface area contributed by atoms with Crippen molar-refractivity contribution in [1.82, 2.24) is 0 Å². The Morgan fingerprint density at radius 2 is 0.534 bits per heavy atom. The van der Waals surface area contributed by atoms with Gasteiger partial charge in [0.2, 0.25) is 0 Å². The first kappa shape index (κ1) is 69.6. The van der Waals surface area contributed by atoms with E-state index in [0.717, 1.165) is 103 Å². The third-order valence-electron chi connectivity index (χ3n) is 13.4. The van der Waals surface area contributed by atoms with Crippen molar-refractivity contribution >= 4 is 17.9 Å². The van der Waals surface area contributed by atoms with Gasteiger partial charge in [0.1, 0.15) is 13.2 Å². The Labute approximate surface area is 452 Å². The van der Waals surface area contributed by atoms with Crippen LogP contribution in [0.15, 0.2) is 85.1 Å². The summed E-state index contributed by atoms with van der Waals surface area (Å²) >= 11 is 0. The zero-order valence-electron chi connectivity index (χ0n) is 48.1. The van der Waals surface area contributed by atoms with Crippen molar-refractivity contribution in [3.63, 3.8) is 0 Å². The SMILES string of the molecule is CC/C=C\C/C=C\C/C=C\C/C=C\CCCCCCCCCCCCC(=O)OCC(COC(=O)CCCCCCC/C=C\C/C=C\CCCCC)OC(=O)CCCCCCCCC/C=C\CCCCCCCC. The first-order valence-electron chi connectivity index (χ1n) is 31.1. The molecule has 0 N–H and O–H groups in total. The van der Waals surface area contributed by atoms with E-state index >= 15 is 0 Å². The lowest BCUT2D eigenvalue weighted by atomic mass is 10.1. The lowest BCUT2D eigenvalue weighted by Crippen LogP contribution is -2.30. The second-order valence-electron chi connectivity index (χ2n) is 20.6. The van der Waals surface area contributed by atoms with Crippen LogP contribution in [0.5, 0.6) is 0 Å². The maximum absolute atomic E-state index is 12.9. The minimum Gasteiger partial charge on any atom is -0.462 e. The first-order chi connectivity index (χ1) is 36.0. The highest BCUT2D eigenvalue weighted by Crippen LogP contribution is 2.16. The van der Waals surface area contributed by atoms with Crippen molar-refractivity contribution in [2.24, 2.45) is 0 Å². The molecule has 0 spiro atoms. The minimum absolute atomic E-state index is 0.0841. The van der Waals surface area contributed by atoms with Gasteiger partial charge in [0.15, 0.2) is 6.10 Å².